The molecule has 2 aromatic rings. The van der Waals surface area contributed by atoms with Gasteiger partial charge in [0.05, 0.1) is 0 Å². The third kappa shape index (κ3) is 2.74. The molecule has 0 unspecified atom stereocenters. The molecule has 1 fully saturated rings. The Morgan fingerprint density at radius 1 is 0.955 bits per heavy atom. The normalized spacial score (nSPS) is 14.8. The van der Waals surface area contributed by atoms with Gasteiger partial charge in [-0.05, 0) is 31.4 Å². The van der Waals surface area contributed by atoms with Crippen LogP contribution in [0.1, 0.15) is 19.3 Å². The number of carbonyl (C=O) groups is 2. The Labute approximate surface area is 128 Å². The fraction of sp³-hybridized carbons (Fsp3) is 0.294. The number of phenolic OH excluding ortho intramolecular Hbond substituents is 1. The minimum atomic E-state index is -0.627. The van der Waals surface area contributed by atoms with E-state index < -0.39 is 11.8 Å². The van der Waals surface area contributed by atoms with Crippen LogP contribution in [0, 0.1) is 0 Å². The highest BCUT2D eigenvalue weighted by Crippen LogP contribution is 2.29. The first-order chi connectivity index (χ1) is 10.7. The molecule has 0 radical (unpaired) electrons. The van der Waals surface area contributed by atoms with E-state index >= 15 is 0 Å². The summed E-state index contributed by atoms with van der Waals surface area (Å²) in [7, 11) is 0. The number of amides is 2. The number of benzene rings is 2. The molecule has 2 amide bonds. The molecule has 1 aliphatic heterocycles. The average Bonchev–Trinajstić information content (AvgIpc) is 2.56. The van der Waals surface area contributed by atoms with Crippen molar-refractivity contribution < 1.29 is 14.7 Å². The zero-order valence-corrected chi connectivity index (χ0v) is 12.2. The van der Waals surface area contributed by atoms with Crippen LogP contribution in [0.4, 0.5) is 5.69 Å². The molecule has 1 heterocycles. The van der Waals surface area contributed by atoms with Crippen LogP contribution in [0.5, 0.6) is 5.75 Å². The fourth-order valence-corrected chi connectivity index (χ4v) is 2.82. The molecule has 0 aliphatic carbocycles. The molecular weight excluding hydrogens is 280 g/mol. The third-order valence-electron chi connectivity index (χ3n) is 3.98. The van der Waals surface area contributed by atoms with E-state index in [-0.39, 0.29) is 5.75 Å². The molecule has 5 nitrogen and oxygen atoms in total. The molecule has 22 heavy (non-hydrogen) atoms. The number of aromatic hydroxyl groups is 1. The topological polar surface area (TPSA) is 69.6 Å². The summed E-state index contributed by atoms with van der Waals surface area (Å²) in [5, 5.41) is 13.9. The second kappa shape index (κ2) is 6.05. The number of phenols is 1. The predicted molar refractivity (Wildman–Crippen MR) is 84.7 cm³/mol. The van der Waals surface area contributed by atoms with Crippen LogP contribution in [0.2, 0.25) is 0 Å². The molecule has 0 aromatic heterocycles. The Morgan fingerprint density at radius 3 is 2.41 bits per heavy atom. The Morgan fingerprint density at radius 2 is 1.64 bits per heavy atom. The number of nitrogens with zero attached hydrogens (tertiary/aromatic N) is 1. The maximum Gasteiger partial charge on any atom is 0.313 e. The Kier molecular flexibility index (Phi) is 3.96. The smallest absolute Gasteiger partial charge is 0.313 e. The lowest BCUT2D eigenvalue weighted by molar-refractivity contribution is -0.143. The van der Waals surface area contributed by atoms with Crippen molar-refractivity contribution in [3.8, 4) is 5.75 Å². The summed E-state index contributed by atoms with van der Waals surface area (Å²) in [6, 6.07) is 10.3. The number of anilines is 1. The van der Waals surface area contributed by atoms with E-state index in [1.807, 2.05) is 0 Å². The van der Waals surface area contributed by atoms with Gasteiger partial charge in [0.15, 0.2) is 0 Å². The number of piperidine rings is 1. The second-order valence-electron chi connectivity index (χ2n) is 5.48. The molecule has 2 N–H and O–H groups in total. The van der Waals surface area contributed by atoms with Crippen LogP contribution >= 0.6 is 0 Å². The summed E-state index contributed by atoms with van der Waals surface area (Å²) in [6.07, 6.45) is 3.00. The number of fused-ring (bicyclic) bond motifs is 1. The lowest BCUT2D eigenvalue weighted by Crippen LogP contribution is -2.42. The summed E-state index contributed by atoms with van der Waals surface area (Å²) in [6.45, 7) is 1.28. The summed E-state index contributed by atoms with van der Waals surface area (Å²) in [5.74, 6) is -0.967. The minimum absolute atomic E-state index is 0.149. The largest absolute Gasteiger partial charge is 0.507 e. The number of hydrogen-bond acceptors (Lipinski definition) is 3. The van der Waals surface area contributed by atoms with Gasteiger partial charge >= 0.3 is 11.8 Å². The summed E-state index contributed by atoms with van der Waals surface area (Å²) >= 11 is 0. The summed E-state index contributed by atoms with van der Waals surface area (Å²) in [4.78, 5) is 25.9. The molecule has 0 spiro atoms. The van der Waals surface area contributed by atoms with Crippen LogP contribution in [-0.4, -0.2) is 34.9 Å². The zero-order chi connectivity index (χ0) is 15.5. The SMILES string of the molecule is O=C(Nc1cccc2c(O)cccc12)C(=O)N1CCCCC1. The van der Waals surface area contributed by atoms with Crippen LogP contribution in [0.25, 0.3) is 10.8 Å². The number of rotatable bonds is 1. The molecule has 1 saturated heterocycles. The summed E-state index contributed by atoms with van der Waals surface area (Å²) in [5.41, 5.74) is 0.531. The van der Waals surface area contributed by atoms with Crippen molar-refractivity contribution in [1.82, 2.24) is 4.90 Å². The monoisotopic (exact) mass is 298 g/mol. The highest BCUT2D eigenvalue weighted by Gasteiger charge is 2.23. The van der Waals surface area contributed by atoms with Gasteiger partial charge in [-0.15, -0.1) is 0 Å². The van der Waals surface area contributed by atoms with Crippen LogP contribution < -0.4 is 5.32 Å². The van der Waals surface area contributed by atoms with Gasteiger partial charge in [-0.2, -0.15) is 0 Å². The highest BCUT2D eigenvalue weighted by molar-refractivity contribution is 6.40. The van der Waals surface area contributed by atoms with Crippen LogP contribution in [0.3, 0.4) is 0 Å². The van der Waals surface area contributed by atoms with Gasteiger partial charge in [0.1, 0.15) is 5.75 Å². The molecule has 0 saturated carbocycles. The summed E-state index contributed by atoms with van der Waals surface area (Å²) < 4.78 is 0. The van der Waals surface area contributed by atoms with Gasteiger partial charge in [0, 0.05) is 29.5 Å². The lowest BCUT2D eigenvalue weighted by Gasteiger charge is -2.26. The molecular formula is C17H18N2O3. The molecule has 114 valence electrons. The van der Waals surface area contributed by atoms with Crippen LogP contribution in [-0.2, 0) is 9.59 Å². The van der Waals surface area contributed by atoms with E-state index in [1.54, 1.807) is 41.3 Å². The fourth-order valence-electron chi connectivity index (χ4n) is 2.82. The van der Waals surface area contributed by atoms with Gasteiger partial charge in [0.25, 0.3) is 0 Å². The number of likely N-dealkylation sites (tertiary alicyclic amines) is 1. The van der Waals surface area contributed by atoms with E-state index in [1.165, 1.54) is 0 Å². The minimum Gasteiger partial charge on any atom is -0.507 e. The van der Waals surface area contributed by atoms with E-state index in [0.29, 0.717) is 29.5 Å². The Bertz CT molecular complexity index is 721. The maximum atomic E-state index is 12.2. The molecule has 2 aromatic carbocycles. The van der Waals surface area contributed by atoms with Crippen molar-refractivity contribution in [2.75, 3.05) is 18.4 Å². The van der Waals surface area contributed by atoms with E-state index in [9.17, 15) is 14.7 Å². The quantitative estimate of drug-likeness (QED) is 0.795. The number of hydrogen-bond donors (Lipinski definition) is 2. The zero-order valence-electron chi connectivity index (χ0n) is 12.2. The van der Waals surface area contributed by atoms with E-state index in [2.05, 4.69) is 5.32 Å². The molecule has 1 aliphatic rings. The average molecular weight is 298 g/mol. The van der Waals surface area contributed by atoms with Crippen molar-refractivity contribution in [3.63, 3.8) is 0 Å². The van der Waals surface area contributed by atoms with E-state index in [0.717, 1.165) is 19.3 Å². The first kappa shape index (κ1) is 14.4. The van der Waals surface area contributed by atoms with Crippen LogP contribution in [0.15, 0.2) is 36.4 Å². The highest BCUT2D eigenvalue weighted by atomic mass is 16.3. The van der Waals surface area contributed by atoms with Crippen molar-refractivity contribution >= 4 is 28.3 Å². The van der Waals surface area contributed by atoms with Crippen molar-refractivity contribution in [2.24, 2.45) is 0 Å². The lowest BCUT2D eigenvalue weighted by atomic mass is 10.1. The first-order valence-corrected chi connectivity index (χ1v) is 7.48. The molecule has 3 rings (SSSR count). The van der Waals surface area contributed by atoms with E-state index in [4.69, 9.17) is 0 Å². The number of nitrogens with one attached hydrogen (secondary N) is 1. The van der Waals surface area contributed by atoms with Gasteiger partial charge in [0.2, 0.25) is 0 Å². The molecule has 0 atom stereocenters. The second-order valence-corrected chi connectivity index (χ2v) is 5.48. The van der Waals surface area contributed by atoms with Gasteiger partial charge in [-0.3, -0.25) is 9.59 Å². The van der Waals surface area contributed by atoms with Gasteiger partial charge in [-0.1, -0.05) is 24.3 Å². The molecule has 0 bridgehead atoms. The van der Waals surface area contributed by atoms with Crippen molar-refractivity contribution in [2.45, 2.75) is 19.3 Å². The first-order valence-electron chi connectivity index (χ1n) is 7.48. The van der Waals surface area contributed by atoms with Gasteiger partial charge < -0.3 is 15.3 Å². The van der Waals surface area contributed by atoms with Gasteiger partial charge in [-0.25, -0.2) is 0 Å². The number of carbonyl (C=O) groups excluding carboxylic acids is 2. The predicted octanol–water partition coefficient (Wildman–Crippen LogP) is 2.50. The Balaban J connectivity index is 1.82. The standard InChI is InChI=1S/C17H18N2O3/c20-15-9-5-6-12-13(15)7-4-8-14(12)18-16(21)17(22)19-10-2-1-3-11-19/h4-9,20H,1-3,10-11H2,(H,18,21). The third-order valence-corrected chi connectivity index (χ3v) is 3.98. The molecule has 5 heteroatoms. The van der Waals surface area contributed by atoms with Crippen molar-refractivity contribution in [3.05, 3.63) is 36.4 Å². The Hall–Kier alpha value is -2.56. The maximum absolute atomic E-state index is 12.2. The van der Waals surface area contributed by atoms with Crippen molar-refractivity contribution in [1.29, 1.82) is 0 Å².